The molecule has 1 heterocycles. The van der Waals surface area contributed by atoms with Crippen molar-refractivity contribution in [3.8, 4) is 0 Å². The second kappa shape index (κ2) is 8.12. The van der Waals surface area contributed by atoms with E-state index < -0.39 is 21.8 Å². The van der Waals surface area contributed by atoms with Gasteiger partial charge in [0, 0.05) is 29.8 Å². The van der Waals surface area contributed by atoms with Crippen molar-refractivity contribution < 1.29 is 22.7 Å². The maximum absolute atomic E-state index is 12.5. The lowest BCUT2D eigenvalue weighted by Gasteiger charge is -2.13. The van der Waals surface area contributed by atoms with E-state index in [4.69, 9.17) is 4.74 Å². The molecule has 1 atom stereocenters. The third kappa shape index (κ3) is 4.76. The van der Waals surface area contributed by atoms with Crippen LogP contribution in [0.15, 0.2) is 47.4 Å². The van der Waals surface area contributed by atoms with Gasteiger partial charge in [-0.1, -0.05) is 6.07 Å². The van der Waals surface area contributed by atoms with Gasteiger partial charge < -0.3 is 15.4 Å². The van der Waals surface area contributed by atoms with E-state index >= 15 is 0 Å². The zero-order valence-corrected chi connectivity index (χ0v) is 16.5. The molecule has 0 aliphatic carbocycles. The first kappa shape index (κ1) is 20.0. The molecule has 7 nitrogen and oxygen atoms in total. The Hall–Kier alpha value is -2.71. The van der Waals surface area contributed by atoms with Crippen LogP contribution in [0.5, 0.6) is 0 Å². The highest BCUT2D eigenvalue weighted by Crippen LogP contribution is 2.22. The average molecular weight is 402 g/mol. The number of rotatable bonds is 5. The van der Waals surface area contributed by atoms with Crippen molar-refractivity contribution in [2.24, 2.45) is 0 Å². The van der Waals surface area contributed by atoms with Crippen molar-refractivity contribution in [1.29, 1.82) is 0 Å². The summed E-state index contributed by atoms with van der Waals surface area (Å²) in [7, 11) is -3.39. The SMILES string of the molecule is Cc1cc(NC(=O)[C@H]2CCCO2)ccc1NC(=O)c1cccc(S(C)(=O)=O)c1. The summed E-state index contributed by atoms with van der Waals surface area (Å²) < 4.78 is 28.7. The predicted octanol–water partition coefficient (Wildman–Crippen LogP) is 2.77. The van der Waals surface area contributed by atoms with E-state index in [1.54, 1.807) is 24.3 Å². The Morgan fingerprint density at radius 2 is 1.89 bits per heavy atom. The maximum atomic E-state index is 12.5. The van der Waals surface area contributed by atoms with E-state index in [2.05, 4.69) is 10.6 Å². The average Bonchev–Trinajstić information content (AvgIpc) is 3.18. The number of ether oxygens (including phenoxy) is 1. The molecule has 1 saturated heterocycles. The van der Waals surface area contributed by atoms with E-state index in [9.17, 15) is 18.0 Å². The molecular formula is C20H22N2O5S. The number of aryl methyl sites for hydroxylation is 1. The molecule has 1 aliphatic rings. The van der Waals surface area contributed by atoms with E-state index in [-0.39, 0.29) is 16.4 Å². The Morgan fingerprint density at radius 3 is 2.54 bits per heavy atom. The monoisotopic (exact) mass is 402 g/mol. The largest absolute Gasteiger partial charge is 0.368 e. The molecule has 2 amide bonds. The van der Waals surface area contributed by atoms with Crippen molar-refractivity contribution in [1.82, 2.24) is 0 Å². The number of carbonyl (C=O) groups excluding carboxylic acids is 2. The van der Waals surface area contributed by atoms with Crippen LogP contribution < -0.4 is 10.6 Å². The van der Waals surface area contributed by atoms with Crippen LogP contribution in [0.2, 0.25) is 0 Å². The van der Waals surface area contributed by atoms with E-state index in [0.717, 1.165) is 18.2 Å². The van der Waals surface area contributed by atoms with Gasteiger partial charge >= 0.3 is 0 Å². The first-order valence-corrected chi connectivity index (χ1v) is 10.8. The number of hydrogen-bond donors (Lipinski definition) is 2. The molecule has 8 heteroatoms. The fraction of sp³-hybridized carbons (Fsp3) is 0.300. The normalized spacial score (nSPS) is 16.6. The highest BCUT2D eigenvalue weighted by molar-refractivity contribution is 7.90. The summed E-state index contributed by atoms with van der Waals surface area (Å²) in [5, 5.41) is 5.59. The summed E-state index contributed by atoms with van der Waals surface area (Å²) in [5.41, 5.74) is 2.20. The van der Waals surface area contributed by atoms with Gasteiger partial charge in [0.15, 0.2) is 9.84 Å². The third-order valence-electron chi connectivity index (χ3n) is 4.49. The number of benzene rings is 2. The second-order valence-corrected chi connectivity index (χ2v) is 8.79. The predicted molar refractivity (Wildman–Crippen MR) is 106 cm³/mol. The van der Waals surface area contributed by atoms with Crippen LogP contribution in [0.1, 0.15) is 28.8 Å². The zero-order chi connectivity index (χ0) is 20.3. The highest BCUT2D eigenvalue weighted by atomic mass is 32.2. The van der Waals surface area contributed by atoms with Crippen LogP contribution >= 0.6 is 0 Å². The van der Waals surface area contributed by atoms with Gasteiger partial charge in [-0.25, -0.2) is 8.42 Å². The lowest BCUT2D eigenvalue weighted by atomic mass is 10.1. The first-order chi connectivity index (χ1) is 13.2. The van der Waals surface area contributed by atoms with E-state index in [1.807, 2.05) is 6.92 Å². The number of amides is 2. The summed E-state index contributed by atoms with van der Waals surface area (Å²) in [4.78, 5) is 24.7. The number of sulfone groups is 1. The molecule has 2 N–H and O–H groups in total. The molecule has 0 unspecified atom stereocenters. The lowest BCUT2D eigenvalue weighted by molar-refractivity contribution is -0.124. The van der Waals surface area contributed by atoms with Crippen LogP contribution in [0.4, 0.5) is 11.4 Å². The minimum atomic E-state index is -3.39. The molecule has 0 aromatic heterocycles. The highest BCUT2D eigenvalue weighted by Gasteiger charge is 2.23. The Bertz CT molecular complexity index is 1010. The standard InChI is InChI=1S/C20H22N2O5S/c1-13-11-15(21-20(24)18-7-4-10-27-18)8-9-17(13)22-19(23)14-5-3-6-16(12-14)28(2,25)26/h3,5-6,8-9,11-12,18H,4,7,10H2,1-2H3,(H,21,24)(H,22,23)/t18-/m1/s1. The molecule has 0 spiro atoms. The quantitative estimate of drug-likeness (QED) is 0.801. The number of carbonyl (C=O) groups is 2. The summed E-state index contributed by atoms with van der Waals surface area (Å²) >= 11 is 0. The van der Waals surface area contributed by atoms with Gasteiger partial charge in [0.2, 0.25) is 0 Å². The van der Waals surface area contributed by atoms with Gasteiger partial charge in [-0.2, -0.15) is 0 Å². The minimum absolute atomic E-state index is 0.0871. The van der Waals surface area contributed by atoms with E-state index in [0.29, 0.717) is 24.4 Å². The van der Waals surface area contributed by atoms with Crippen LogP contribution in [0.25, 0.3) is 0 Å². The van der Waals surface area contributed by atoms with Crippen LogP contribution in [0, 0.1) is 6.92 Å². The van der Waals surface area contributed by atoms with Crippen molar-refractivity contribution in [3.05, 3.63) is 53.6 Å². The lowest BCUT2D eigenvalue weighted by Crippen LogP contribution is -2.26. The maximum Gasteiger partial charge on any atom is 0.255 e. The van der Waals surface area contributed by atoms with Gasteiger partial charge in [0.05, 0.1) is 4.90 Å². The minimum Gasteiger partial charge on any atom is -0.368 e. The molecule has 1 aliphatic heterocycles. The van der Waals surface area contributed by atoms with Gasteiger partial charge in [-0.15, -0.1) is 0 Å². The van der Waals surface area contributed by atoms with Crippen LogP contribution in [-0.2, 0) is 19.4 Å². The molecule has 2 aromatic rings. The Morgan fingerprint density at radius 1 is 1.11 bits per heavy atom. The van der Waals surface area contributed by atoms with Crippen molar-refractivity contribution in [2.45, 2.75) is 30.8 Å². The third-order valence-corrected chi connectivity index (χ3v) is 5.60. The van der Waals surface area contributed by atoms with E-state index in [1.165, 1.54) is 18.2 Å². The molecule has 0 bridgehead atoms. The number of anilines is 2. The molecule has 3 rings (SSSR count). The summed E-state index contributed by atoms with van der Waals surface area (Å²) in [6.07, 6.45) is 2.27. The molecular weight excluding hydrogens is 380 g/mol. The molecule has 28 heavy (non-hydrogen) atoms. The molecule has 1 fully saturated rings. The van der Waals surface area contributed by atoms with Crippen molar-refractivity contribution >= 4 is 33.0 Å². The first-order valence-electron chi connectivity index (χ1n) is 8.88. The Balaban J connectivity index is 1.71. The Labute approximate surface area is 164 Å². The van der Waals surface area contributed by atoms with Crippen LogP contribution in [0.3, 0.4) is 0 Å². The smallest absolute Gasteiger partial charge is 0.255 e. The van der Waals surface area contributed by atoms with Crippen molar-refractivity contribution in [3.63, 3.8) is 0 Å². The topological polar surface area (TPSA) is 102 Å². The molecule has 2 aromatic carbocycles. The fourth-order valence-electron chi connectivity index (χ4n) is 2.95. The van der Waals surface area contributed by atoms with Crippen molar-refractivity contribution in [2.75, 3.05) is 23.5 Å². The second-order valence-electron chi connectivity index (χ2n) is 6.77. The summed E-state index contributed by atoms with van der Waals surface area (Å²) in [5.74, 6) is -0.587. The van der Waals surface area contributed by atoms with Gasteiger partial charge in [-0.3, -0.25) is 9.59 Å². The summed E-state index contributed by atoms with van der Waals surface area (Å²) in [6, 6.07) is 11.0. The molecule has 148 valence electrons. The number of nitrogens with one attached hydrogen (secondary N) is 2. The van der Waals surface area contributed by atoms with Crippen LogP contribution in [-0.4, -0.2) is 39.2 Å². The number of hydrogen-bond acceptors (Lipinski definition) is 5. The zero-order valence-electron chi connectivity index (χ0n) is 15.7. The van der Waals surface area contributed by atoms with Gasteiger partial charge in [0.1, 0.15) is 6.10 Å². The molecule has 0 radical (unpaired) electrons. The summed E-state index contributed by atoms with van der Waals surface area (Å²) in [6.45, 7) is 2.41. The van der Waals surface area contributed by atoms with Gasteiger partial charge in [0.25, 0.3) is 11.8 Å². The van der Waals surface area contributed by atoms with Gasteiger partial charge in [-0.05, 0) is 61.7 Å². The Kier molecular flexibility index (Phi) is 5.81. The fourth-order valence-corrected chi connectivity index (χ4v) is 3.62. The molecule has 0 saturated carbocycles.